The van der Waals surface area contributed by atoms with E-state index in [0.29, 0.717) is 5.25 Å². The highest BCUT2D eigenvalue weighted by molar-refractivity contribution is 8.00. The molecule has 0 amide bonds. The summed E-state index contributed by atoms with van der Waals surface area (Å²) in [7, 11) is 0. The summed E-state index contributed by atoms with van der Waals surface area (Å²) in [4.78, 5) is 1.30. The Hall–Kier alpha value is -0.500. The van der Waals surface area contributed by atoms with E-state index in [1.54, 1.807) is 11.3 Å². The average molecular weight is 238 g/mol. The maximum atomic E-state index is 9.29. The lowest BCUT2D eigenvalue weighted by molar-refractivity contribution is 0.414. The van der Waals surface area contributed by atoms with Crippen molar-refractivity contribution >= 4 is 23.1 Å². The van der Waals surface area contributed by atoms with E-state index < -0.39 is 0 Å². The number of hydrogen-bond acceptors (Lipinski definition) is 4. The van der Waals surface area contributed by atoms with E-state index in [1.807, 2.05) is 17.8 Å². The van der Waals surface area contributed by atoms with E-state index >= 15 is 0 Å². The zero-order chi connectivity index (χ0) is 10.7. The summed E-state index contributed by atoms with van der Waals surface area (Å²) in [6.45, 7) is 2.96. The van der Waals surface area contributed by atoms with E-state index in [-0.39, 0.29) is 5.54 Å². The number of thiophene rings is 1. The van der Waals surface area contributed by atoms with Crippen LogP contribution in [0.3, 0.4) is 0 Å². The number of nitrogens with zero attached hydrogens (tertiary/aromatic N) is 1. The molecule has 0 aliphatic carbocycles. The predicted molar refractivity (Wildman–Crippen MR) is 66.0 cm³/mol. The van der Waals surface area contributed by atoms with Gasteiger partial charge in [-0.15, -0.1) is 11.3 Å². The minimum Gasteiger partial charge on any atom is -0.294 e. The van der Waals surface area contributed by atoms with Crippen molar-refractivity contribution in [3.8, 4) is 6.07 Å². The second kappa shape index (κ2) is 4.56. The Morgan fingerprint density at radius 2 is 2.60 bits per heavy atom. The van der Waals surface area contributed by atoms with Crippen LogP contribution in [0.4, 0.5) is 0 Å². The summed E-state index contributed by atoms with van der Waals surface area (Å²) >= 11 is 3.62. The minimum absolute atomic E-state index is 0.311. The molecule has 2 rings (SSSR count). The van der Waals surface area contributed by atoms with Gasteiger partial charge in [0.15, 0.2) is 0 Å². The van der Waals surface area contributed by atoms with Crippen LogP contribution in [0.2, 0.25) is 0 Å². The van der Waals surface area contributed by atoms with Gasteiger partial charge in [0.1, 0.15) is 5.54 Å². The highest BCUT2D eigenvalue weighted by Crippen LogP contribution is 2.35. The third-order valence-electron chi connectivity index (χ3n) is 2.92. The first kappa shape index (κ1) is 11.0. The van der Waals surface area contributed by atoms with Gasteiger partial charge >= 0.3 is 0 Å². The molecule has 1 N–H and O–H groups in total. The molecule has 1 saturated heterocycles. The van der Waals surface area contributed by atoms with E-state index in [0.717, 1.165) is 18.7 Å². The van der Waals surface area contributed by atoms with E-state index in [9.17, 15) is 5.26 Å². The molecule has 1 aliphatic heterocycles. The second-order valence-corrected chi connectivity index (χ2v) is 6.26. The van der Waals surface area contributed by atoms with Crippen LogP contribution in [-0.4, -0.2) is 16.5 Å². The summed E-state index contributed by atoms with van der Waals surface area (Å²) in [5, 5.41) is 15.2. The maximum absolute atomic E-state index is 9.29. The molecule has 1 aliphatic rings. The molecule has 4 heteroatoms. The maximum Gasteiger partial charge on any atom is 0.119 e. The molecule has 0 bridgehead atoms. The lowest BCUT2D eigenvalue weighted by Crippen LogP contribution is -2.47. The molecule has 2 nitrogen and oxygen atoms in total. The molecule has 1 aromatic heterocycles. The topological polar surface area (TPSA) is 35.8 Å². The van der Waals surface area contributed by atoms with Gasteiger partial charge in [-0.25, -0.2) is 0 Å². The van der Waals surface area contributed by atoms with Crippen LogP contribution in [0.1, 0.15) is 18.2 Å². The largest absolute Gasteiger partial charge is 0.294 e. The monoisotopic (exact) mass is 238 g/mol. The smallest absolute Gasteiger partial charge is 0.119 e. The van der Waals surface area contributed by atoms with Crippen molar-refractivity contribution in [2.75, 3.05) is 5.75 Å². The van der Waals surface area contributed by atoms with Gasteiger partial charge in [0.05, 0.1) is 6.07 Å². The summed E-state index contributed by atoms with van der Waals surface area (Å²) in [5.74, 6) is 1.09. The molecule has 1 fully saturated rings. The molecule has 0 radical (unpaired) electrons. The Morgan fingerprint density at radius 3 is 3.13 bits per heavy atom. The number of nitrogens with one attached hydrogen (secondary N) is 1. The lowest BCUT2D eigenvalue weighted by Gasteiger charge is -2.26. The van der Waals surface area contributed by atoms with Crippen molar-refractivity contribution in [1.82, 2.24) is 5.32 Å². The van der Waals surface area contributed by atoms with Gasteiger partial charge in [-0.1, -0.05) is 13.0 Å². The van der Waals surface area contributed by atoms with Gasteiger partial charge in [-0.3, -0.25) is 5.32 Å². The van der Waals surface area contributed by atoms with E-state index in [1.165, 1.54) is 4.88 Å². The number of thioether (sulfide) groups is 1. The molecule has 80 valence electrons. The van der Waals surface area contributed by atoms with Crippen LogP contribution in [0.15, 0.2) is 17.5 Å². The van der Waals surface area contributed by atoms with Gasteiger partial charge in [-0.2, -0.15) is 17.0 Å². The SMILES string of the molecule is CC1SCCC1(C#N)NCc1cccs1. The highest BCUT2D eigenvalue weighted by Gasteiger charge is 2.40. The van der Waals surface area contributed by atoms with Crippen LogP contribution in [0, 0.1) is 11.3 Å². The summed E-state index contributed by atoms with van der Waals surface area (Å²) < 4.78 is 0. The van der Waals surface area contributed by atoms with Crippen molar-refractivity contribution in [3.63, 3.8) is 0 Å². The normalized spacial score (nSPS) is 30.3. The number of rotatable bonds is 3. The summed E-state index contributed by atoms with van der Waals surface area (Å²) in [6, 6.07) is 6.62. The zero-order valence-corrected chi connectivity index (χ0v) is 10.3. The second-order valence-electron chi connectivity index (χ2n) is 3.78. The Morgan fingerprint density at radius 1 is 1.73 bits per heavy atom. The molecule has 2 atom stereocenters. The predicted octanol–water partition coefficient (Wildman–Crippen LogP) is 2.63. The Balaban J connectivity index is 2.00. The third kappa shape index (κ3) is 2.20. The van der Waals surface area contributed by atoms with Crippen molar-refractivity contribution < 1.29 is 0 Å². The fourth-order valence-electron chi connectivity index (χ4n) is 1.82. The number of hydrogen-bond donors (Lipinski definition) is 1. The Bertz CT molecular complexity index is 355. The average Bonchev–Trinajstić information content (AvgIpc) is 2.85. The minimum atomic E-state index is -0.311. The highest BCUT2D eigenvalue weighted by atomic mass is 32.2. The first-order valence-electron chi connectivity index (χ1n) is 5.07. The Labute approximate surface area is 98.7 Å². The van der Waals surface area contributed by atoms with Crippen LogP contribution in [-0.2, 0) is 6.54 Å². The molecule has 1 aromatic rings. The van der Waals surface area contributed by atoms with Crippen molar-refractivity contribution in [1.29, 1.82) is 5.26 Å². The van der Waals surface area contributed by atoms with Crippen LogP contribution < -0.4 is 5.32 Å². The van der Waals surface area contributed by atoms with Crippen LogP contribution in [0.25, 0.3) is 0 Å². The molecule has 15 heavy (non-hydrogen) atoms. The quantitative estimate of drug-likeness (QED) is 0.879. The zero-order valence-electron chi connectivity index (χ0n) is 8.69. The fraction of sp³-hybridized carbons (Fsp3) is 0.545. The van der Waals surface area contributed by atoms with Gasteiger partial charge < -0.3 is 0 Å². The van der Waals surface area contributed by atoms with Gasteiger partial charge in [0.25, 0.3) is 0 Å². The molecule has 0 saturated carbocycles. The first-order valence-corrected chi connectivity index (χ1v) is 7.00. The fourth-order valence-corrected chi connectivity index (χ4v) is 3.80. The van der Waals surface area contributed by atoms with Crippen LogP contribution in [0.5, 0.6) is 0 Å². The molecule has 2 unspecified atom stereocenters. The van der Waals surface area contributed by atoms with Gasteiger partial charge in [0, 0.05) is 16.7 Å². The van der Waals surface area contributed by atoms with Crippen molar-refractivity contribution in [2.24, 2.45) is 0 Å². The Kier molecular flexibility index (Phi) is 3.35. The van der Waals surface area contributed by atoms with Gasteiger partial charge in [0.2, 0.25) is 0 Å². The number of nitriles is 1. The standard InChI is InChI=1S/C11H14N2S2/c1-9-11(8-12,4-6-14-9)13-7-10-3-2-5-15-10/h2-3,5,9,13H,4,6-7H2,1H3. The first-order chi connectivity index (χ1) is 7.27. The molecule has 0 spiro atoms. The molecule has 2 heterocycles. The molecular weight excluding hydrogens is 224 g/mol. The van der Waals surface area contributed by atoms with Crippen LogP contribution >= 0.6 is 23.1 Å². The molecular formula is C11H14N2S2. The molecule has 0 aromatic carbocycles. The summed E-state index contributed by atoms with van der Waals surface area (Å²) in [6.07, 6.45) is 0.959. The third-order valence-corrected chi connectivity index (χ3v) is 5.13. The van der Waals surface area contributed by atoms with Gasteiger partial charge in [-0.05, 0) is 23.6 Å². The van der Waals surface area contributed by atoms with Crippen molar-refractivity contribution in [2.45, 2.75) is 30.7 Å². The van der Waals surface area contributed by atoms with E-state index in [2.05, 4.69) is 29.8 Å². The van der Waals surface area contributed by atoms with Crippen molar-refractivity contribution in [3.05, 3.63) is 22.4 Å². The summed E-state index contributed by atoms with van der Waals surface area (Å²) in [5.41, 5.74) is -0.311. The lowest BCUT2D eigenvalue weighted by atomic mass is 9.94. The van der Waals surface area contributed by atoms with E-state index in [4.69, 9.17) is 0 Å².